The zero-order valence-corrected chi connectivity index (χ0v) is 21.1. The molecule has 1 aliphatic rings. The molecule has 0 bridgehead atoms. The molecule has 1 aliphatic heterocycles. The number of rotatable bonds is 5. The summed E-state index contributed by atoms with van der Waals surface area (Å²) in [5.74, 6) is -1.05. The number of aromatic nitrogens is 1. The Hall–Kier alpha value is -2.71. The van der Waals surface area contributed by atoms with Crippen LogP contribution in [0.1, 0.15) is 17.0 Å². The van der Waals surface area contributed by atoms with Crippen molar-refractivity contribution in [3.05, 3.63) is 85.5 Å². The number of halogens is 3. The lowest BCUT2D eigenvalue weighted by molar-refractivity contribution is -0.127. The molecule has 1 fully saturated rings. The highest BCUT2D eigenvalue weighted by Gasteiger charge is 2.36. The number of hydrogen-bond donors (Lipinski definition) is 1. The van der Waals surface area contributed by atoms with Crippen LogP contribution in [0.2, 0.25) is 15.1 Å². The third-order valence-corrected chi connectivity index (χ3v) is 7.01. The Morgan fingerprint density at radius 2 is 1.76 bits per heavy atom. The Bertz CT molecular complexity index is 1370. The number of carbonyl (C=O) groups excluding carboxylic acids is 3. The number of nitrogens with zero attached hydrogens (tertiary/aromatic N) is 2. The number of amides is 3. The third kappa shape index (κ3) is 4.88. The SMILES string of the molecule is Cc1cc(/C=C2/SC(=O)N(CC(=O)Nc3ccccc3Cl)C2=O)c(C)n1-c1ccc(Cl)cc1Cl. The molecule has 2 heterocycles. The molecule has 0 radical (unpaired) electrons. The molecule has 0 saturated carbocycles. The zero-order chi connectivity index (χ0) is 24.6. The Morgan fingerprint density at radius 1 is 1.03 bits per heavy atom. The standard InChI is InChI=1S/C24H18Cl3N3O3S/c1-13-9-15(14(2)30(13)20-8-7-16(25)11-18(20)27)10-21-23(32)29(24(33)34-21)12-22(31)28-19-6-4-3-5-17(19)26/h3-11H,12H2,1-2H3,(H,28,31)/b21-10+. The van der Waals surface area contributed by atoms with Crippen LogP contribution in [0.3, 0.4) is 0 Å². The van der Waals surface area contributed by atoms with Gasteiger partial charge in [-0.05, 0) is 73.6 Å². The van der Waals surface area contributed by atoms with E-state index >= 15 is 0 Å². The third-order valence-electron chi connectivity index (χ3n) is 5.23. The van der Waals surface area contributed by atoms with Gasteiger partial charge in [0.2, 0.25) is 5.91 Å². The topological polar surface area (TPSA) is 71.4 Å². The van der Waals surface area contributed by atoms with Crippen molar-refractivity contribution in [1.82, 2.24) is 9.47 Å². The van der Waals surface area contributed by atoms with Crippen molar-refractivity contribution in [3.63, 3.8) is 0 Å². The maximum Gasteiger partial charge on any atom is 0.294 e. The molecule has 4 rings (SSSR count). The molecule has 10 heteroatoms. The van der Waals surface area contributed by atoms with Crippen molar-refractivity contribution in [2.24, 2.45) is 0 Å². The van der Waals surface area contributed by atoms with E-state index in [0.717, 1.165) is 39.3 Å². The molecule has 3 aromatic rings. The number of thioether (sulfide) groups is 1. The zero-order valence-electron chi connectivity index (χ0n) is 18.1. The number of anilines is 1. The molecule has 174 valence electrons. The number of hydrogen-bond acceptors (Lipinski definition) is 4. The maximum absolute atomic E-state index is 12.9. The van der Waals surface area contributed by atoms with E-state index in [0.29, 0.717) is 20.8 Å². The molecule has 1 saturated heterocycles. The minimum atomic E-state index is -0.529. The van der Waals surface area contributed by atoms with Gasteiger partial charge in [-0.25, -0.2) is 0 Å². The van der Waals surface area contributed by atoms with Crippen LogP contribution in [0.5, 0.6) is 0 Å². The predicted octanol–water partition coefficient (Wildman–Crippen LogP) is 6.73. The van der Waals surface area contributed by atoms with E-state index in [-0.39, 0.29) is 4.91 Å². The lowest BCUT2D eigenvalue weighted by Crippen LogP contribution is -2.36. The summed E-state index contributed by atoms with van der Waals surface area (Å²) >= 11 is 19.3. The van der Waals surface area contributed by atoms with Crippen molar-refractivity contribution < 1.29 is 14.4 Å². The second-order valence-corrected chi connectivity index (χ2v) is 9.80. The highest BCUT2D eigenvalue weighted by molar-refractivity contribution is 8.18. The van der Waals surface area contributed by atoms with Crippen molar-refractivity contribution in [2.45, 2.75) is 13.8 Å². The molecular formula is C24H18Cl3N3O3S. The normalized spacial score (nSPS) is 14.9. The fourth-order valence-corrected chi connectivity index (χ4v) is 5.15. The molecule has 0 aliphatic carbocycles. The quantitative estimate of drug-likeness (QED) is 0.368. The van der Waals surface area contributed by atoms with Crippen molar-refractivity contribution in [1.29, 1.82) is 0 Å². The first kappa shape index (κ1) is 24.4. The van der Waals surface area contributed by atoms with Crippen LogP contribution < -0.4 is 5.32 Å². The summed E-state index contributed by atoms with van der Waals surface area (Å²) in [5.41, 5.74) is 3.65. The van der Waals surface area contributed by atoms with Gasteiger partial charge in [-0.3, -0.25) is 19.3 Å². The lowest BCUT2D eigenvalue weighted by Gasteiger charge is -2.13. The molecule has 1 N–H and O–H groups in total. The van der Waals surface area contributed by atoms with Crippen LogP contribution in [0, 0.1) is 13.8 Å². The average Bonchev–Trinajstić information content (AvgIpc) is 3.19. The monoisotopic (exact) mass is 533 g/mol. The molecule has 3 amide bonds. The fraction of sp³-hybridized carbons (Fsp3) is 0.125. The number of para-hydroxylation sites is 1. The first-order chi connectivity index (χ1) is 16.2. The van der Waals surface area contributed by atoms with Gasteiger partial charge in [0.05, 0.1) is 26.3 Å². The van der Waals surface area contributed by atoms with E-state index < -0.39 is 23.6 Å². The van der Waals surface area contributed by atoms with Crippen LogP contribution in [0.25, 0.3) is 11.8 Å². The minimum Gasteiger partial charge on any atom is -0.323 e. The number of benzene rings is 2. The molecule has 1 aromatic heterocycles. The van der Waals surface area contributed by atoms with Crippen LogP contribution in [-0.4, -0.2) is 33.1 Å². The summed E-state index contributed by atoms with van der Waals surface area (Å²) in [6, 6.07) is 13.9. The Kier molecular flexibility index (Phi) is 7.09. The van der Waals surface area contributed by atoms with E-state index in [9.17, 15) is 14.4 Å². The largest absolute Gasteiger partial charge is 0.323 e. The number of aryl methyl sites for hydroxylation is 1. The second-order valence-electron chi connectivity index (χ2n) is 7.55. The Morgan fingerprint density at radius 3 is 2.47 bits per heavy atom. The molecule has 0 unspecified atom stereocenters. The summed E-state index contributed by atoms with van der Waals surface area (Å²) < 4.78 is 1.95. The fourth-order valence-electron chi connectivity index (χ4n) is 3.64. The van der Waals surface area contributed by atoms with Crippen molar-refractivity contribution in [2.75, 3.05) is 11.9 Å². The number of imide groups is 1. The van der Waals surface area contributed by atoms with E-state index in [1.54, 1.807) is 42.5 Å². The lowest BCUT2D eigenvalue weighted by atomic mass is 10.2. The summed E-state index contributed by atoms with van der Waals surface area (Å²) in [4.78, 5) is 39.0. The minimum absolute atomic E-state index is 0.234. The smallest absolute Gasteiger partial charge is 0.294 e. The van der Waals surface area contributed by atoms with Gasteiger partial charge in [0.25, 0.3) is 11.1 Å². The molecular weight excluding hydrogens is 517 g/mol. The van der Waals surface area contributed by atoms with E-state index in [2.05, 4.69) is 5.32 Å². The van der Waals surface area contributed by atoms with Gasteiger partial charge in [0.1, 0.15) is 6.54 Å². The maximum atomic E-state index is 12.9. The van der Waals surface area contributed by atoms with Crippen LogP contribution in [-0.2, 0) is 9.59 Å². The Balaban J connectivity index is 1.56. The van der Waals surface area contributed by atoms with Gasteiger partial charge in [0, 0.05) is 16.4 Å². The van der Waals surface area contributed by atoms with Crippen molar-refractivity contribution >= 4 is 75.4 Å². The van der Waals surface area contributed by atoms with Gasteiger partial charge in [-0.1, -0.05) is 46.9 Å². The van der Waals surface area contributed by atoms with E-state index in [1.165, 1.54) is 0 Å². The van der Waals surface area contributed by atoms with E-state index in [1.807, 2.05) is 30.5 Å². The molecule has 0 atom stereocenters. The molecule has 2 aromatic carbocycles. The van der Waals surface area contributed by atoms with Gasteiger partial charge >= 0.3 is 0 Å². The van der Waals surface area contributed by atoms with Crippen LogP contribution in [0.4, 0.5) is 10.5 Å². The first-order valence-corrected chi connectivity index (χ1v) is 12.0. The molecule has 6 nitrogen and oxygen atoms in total. The summed E-state index contributed by atoms with van der Waals surface area (Å²) in [6.45, 7) is 3.40. The summed E-state index contributed by atoms with van der Waals surface area (Å²) in [6.07, 6.45) is 1.65. The predicted molar refractivity (Wildman–Crippen MR) is 138 cm³/mol. The van der Waals surface area contributed by atoms with Crippen LogP contribution >= 0.6 is 46.6 Å². The van der Waals surface area contributed by atoms with Crippen LogP contribution in [0.15, 0.2) is 53.4 Å². The van der Waals surface area contributed by atoms with Crippen molar-refractivity contribution in [3.8, 4) is 5.69 Å². The second kappa shape index (κ2) is 9.88. The van der Waals surface area contributed by atoms with E-state index in [4.69, 9.17) is 34.8 Å². The summed E-state index contributed by atoms with van der Waals surface area (Å²) in [5, 5.41) is 3.49. The molecule has 0 spiro atoms. The summed E-state index contributed by atoms with van der Waals surface area (Å²) in [7, 11) is 0. The highest BCUT2D eigenvalue weighted by Crippen LogP contribution is 2.35. The number of carbonyl (C=O) groups is 3. The average molecular weight is 535 g/mol. The van der Waals surface area contributed by atoms with Gasteiger partial charge in [-0.2, -0.15) is 0 Å². The number of nitrogens with one attached hydrogen (secondary N) is 1. The Labute approximate surface area is 215 Å². The molecule has 34 heavy (non-hydrogen) atoms. The first-order valence-electron chi connectivity index (χ1n) is 10.1. The highest BCUT2D eigenvalue weighted by atomic mass is 35.5. The van der Waals surface area contributed by atoms with Gasteiger partial charge in [0.15, 0.2) is 0 Å². The van der Waals surface area contributed by atoms with Gasteiger partial charge < -0.3 is 9.88 Å². The van der Waals surface area contributed by atoms with Gasteiger partial charge in [-0.15, -0.1) is 0 Å².